The Labute approximate surface area is 178 Å². The molecule has 1 amide bonds. The lowest BCUT2D eigenvalue weighted by molar-refractivity contribution is -0.116. The van der Waals surface area contributed by atoms with Crippen LogP contribution in [0.25, 0.3) is 0 Å². The van der Waals surface area contributed by atoms with Gasteiger partial charge in [0.25, 0.3) is 5.91 Å². The fourth-order valence-electron chi connectivity index (χ4n) is 4.13. The molecule has 0 unspecified atom stereocenters. The highest BCUT2D eigenvalue weighted by Gasteiger charge is 2.37. The first kappa shape index (κ1) is 18.6. The zero-order chi connectivity index (χ0) is 20.7. The molecule has 0 spiro atoms. The third kappa shape index (κ3) is 3.19. The van der Waals surface area contributed by atoms with Crippen molar-refractivity contribution in [2.45, 2.75) is 25.3 Å². The second kappa shape index (κ2) is 7.46. The number of allylic oxidation sites excluding steroid dienone is 2. The van der Waals surface area contributed by atoms with E-state index in [1.165, 1.54) is 0 Å². The summed E-state index contributed by atoms with van der Waals surface area (Å²) in [5.74, 6) is 0.429. The van der Waals surface area contributed by atoms with Gasteiger partial charge in [0, 0.05) is 28.4 Å². The Bertz CT molecular complexity index is 1180. The van der Waals surface area contributed by atoms with E-state index in [1.807, 2.05) is 48.5 Å². The highest BCUT2D eigenvalue weighted by atomic mass is 35.5. The van der Waals surface area contributed by atoms with Crippen LogP contribution in [0.2, 0.25) is 5.02 Å². The molecule has 0 bridgehead atoms. The summed E-state index contributed by atoms with van der Waals surface area (Å²) in [6.45, 7) is 0. The monoisotopic (exact) mass is 418 g/mol. The van der Waals surface area contributed by atoms with E-state index in [-0.39, 0.29) is 11.7 Å². The number of fused-ring (bicyclic) bond motifs is 1. The maximum Gasteiger partial charge on any atom is 0.261 e. The third-order valence-corrected chi connectivity index (χ3v) is 5.71. The molecule has 7 heteroatoms. The Morgan fingerprint density at radius 2 is 1.97 bits per heavy atom. The summed E-state index contributed by atoms with van der Waals surface area (Å²) in [7, 11) is 0. The van der Waals surface area contributed by atoms with Gasteiger partial charge in [-0.15, -0.1) is 0 Å². The standard InChI is InChI=1S/C23H19ClN4O2/c24-15-7-4-6-14(12-15)21-20-18(10-5-11-19(20)29)27-22-17(13-25-28(21)22)23(30)26-16-8-2-1-3-9-16/h1-4,6-9,12-13,21,27H,5,10-11H2,(H,26,30)/t21-/m1/s1. The van der Waals surface area contributed by atoms with Crippen LogP contribution in [0.3, 0.4) is 0 Å². The molecule has 3 aromatic rings. The van der Waals surface area contributed by atoms with Crippen molar-refractivity contribution in [2.75, 3.05) is 10.6 Å². The first-order chi connectivity index (χ1) is 14.6. The van der Waals surface area contributed by atoms with Gasteiger partial charge in [0.1, 0.15) is 17.4 Å². The molecule has 0 saturated carbocycles. The largest absolute Gasteiger partial charge is 0.343 e. The number of halogens is 1. The Balaban J connectivity index is 1.59. The van der Waals surface area contributed by atoms with Crippen molar-refractivity contribution in [3.8, 4) is 0 Å². The van der Waals surface area contributed by atoms with E-state index in [4.69, 9.17) is 11.6 Å². The maximum atomic E-state index is 13.0. The summed E-state index contributed by atoms with van der Waals surface area (Å²) in [5.41, 5.74) is 3.56. The number of rotatable bonds is 3. The van der Waals surface area contributed by atoms with Gasteiger partial charge in [-0.1, -0.05) is 41.9 Å². The number of aromatic nitrogens is 2. The van der Waals surface area contributed by atoms with Gasteiger partial charge in [-0.05, 0) is 42.7 Å². The number of ketones is 1. The van der Waals surface area contributed by atoms with Crippen molar-refractivity contribution in [3.63, 3.8) is 0 Å². The molecule has 2 heterocycles. The number of para-hydroxylation sites is 1. The molecule has 2 aliphatic rings. The van der Waals surface area contributed by atoms with Crippen LogP contribution in [0.4, 0.5) is 11.5 Å². The van der Waals surface area contributed by atoms with E-state index in [2.05, 4.69) is 15.7 Å². The molecule has 2 aromatic carbocycles. The van der Waals surface area contributed by atoms with Gasteiger partial charge in [0.2, 0.25) is 0 Å². The second-order valence-corrected chi connectivity index (χ2v) is 7.86. The predicted molar refractivity (Wildman–Crippen MR) is 116 cm³/mol. The van der Waals surface area contributed by atoms with Crippen molar-refractivity contribution in [3.05, 3.63) is 88.2 Å². The van der Waals surface area contributed by atoms with Crippen LogP contribution >= 0.6 is 11.6 Å². The summed E-state index contributed by atoms with van der Waals surface area (Å²) in [6, 6.07) is 16.3. The van der Waals surface area contributed by atoms with Crippen LogP contribution in [-0.4, -0.2) is 21.5 Å². The minimum Gasteiger partial charge on any atom is -0.343 e. The number of Topliss-reactive ketones (excluding diaryl/α,β-unsaturated/α-hetero) is 1. The van der Waals surface area contributed by atoms with Gasteiger partial charge in [0.15, 0.2) is 5.78 Å². The highest BCUT2D eigenvalue weighted by Crippen LogP contribution is 2.42. The summed E-state index contributed by atoms with van der Waals surface area (Å²) < 4.78 is 1.72. The minimum absolute atomic E-state index is 0.102. The summed E-state index contributed by atoms with van der Waals surface area (Å²) in [5, 5.41) is 11.3. The number of benzene rings is 2. The summed E-state index contributed by atoms with van der Waals surface area (Å²) in [4.78, 5) is 25.8. The van der Waals surface area contributed by atoms with Gasteiger partial charge < -0.3 is 10.6 Å². The molecule has 30 heavy (non-hydrogen) atoms. The Hall–Kier alpha value is -3.38. The first-order valence-corrected chi connectivity index (χ1v) is 10.2. The zero-order valence-electron chi connectivity index (χ0n) is 16.1. The van der Waals surface area contributed by atoms with Gasteiger partial charge >= 0.3 is 0 Å². The SMILES string of the molecule is O=C1CCCC2=C1[C@@H](c1cccc(Cl)c1)n1ncc(C(=O)Nc3ccccc3)c1N2. The molecule has 2 N–H and O–H groups in total. The average molecular weight is 419 g/mol. The number of carbonyl (C=O) groups excluding carboxylic acids is 2. The van der Waals surface area contributed by atoms with Crippen molar-refractivity contribution in [2.24, 2.45) is 0 Å². The Morgan fingerprint density at radius 1 is 1.13 bits per heavy atom. The lowest BCUT2D eigenvalue weighted by Crippen LogP contribution is -2.32. The molecule has 1 aromatic heterocycles. The van der Waals surface area contributed by atoms with E-state index in [1.54, 1.807) is 16.9 Å². The van der Waals surface area contributed by atoms with Crippen LogP contribution in [0.1, 0.15) is 41.2 Å². The maximum absolute atomic E-state index is 13.0. The summed E-state index contributed by atoms with van der Waals surface area (Å²) >= 11 is 6.24. The lowest BCUT2D eigenvalue weighted by atomic mass is 9.85. The number of carbonyl (C=O) groups is 2. The molecule has 0 saturated heterocycles. The topological polar surface area (TPSA) is 76.0 Å². The van der Waals surface area contributed by atoms with Crippen LogP contribution in [-0.2, 0) is 4.79 Å². The van der Waals surface area contributed by atoms with Crippen LogP contribution in [0.15, 0.2) is 72.1 Å². The van der Waals surface area contributed by atoms with Gasteiger partial charge in [0.05, 0.1) is 6.20 Å². The normalized spacial score (nSPS) is 17.8. The fourth-order valence-corrected chi connectivity index (χ4v) is 4.33. The molecule has 5 rings (SSSR count). The molecule has 6 nitrogen and oxygen atoms in total. The van der Waals surface area contributed by atoms with Gasteiger partial charge in [-0.25, -0.2) is 4.68 Å². The van der Waals surface area contributed by atoms with Crippen LogP contribution in [0, 0.1) is 0 Å². The number of nitrogens with zero attached hydrogens (tertiary/aromatic N) is 2. The van der Waals surface area contributed by atoms with E-state index >= 15 is 0 Å². The van der Waals surface area contributed by atoms with Crippen molar-refractivity contribution in [1.82, 2.24) is 9.78 Å². The van der Waals surface area contributed by atoms with Crippen molar-refractivity contribution in [1.29, 1.82) is 0 Å². The molecule has 150 valence electrons. The lowest BCUT2D eigenvalue weighted by Gasteiger charge is -2.33. The fraction of sp³-hybridized carbons (Fsp3) is 0.174. The molecule has 0 radical (unpaired) electrons. The van der Waals surface area contributed by atoms with Crippen LogP contribution in [0.5, 0.6) is 0 Å². The number of nitrogens with one attached hydrogen (secondary N) is 2. The molecule has 0 fully saturated rings. The van der Waals surface area contributed by atoms with E-state index in [0.717, 1.165) is 24.1 Å². The predicted octanol–water partition coefficient (Wildman–Crippen LogP) is 4.81. The summed E-state index contributed by atoms with van der Waals surface area (Å²) in [6.07, 6.45) is 3.59. The number of amides is 1. The third-order valence-electron chi connectivity index (χ3n) is 5.48. The smallest absolute Gasteiger partial charge is 0.261 e. The minimum atomic E-state index is -0.416. The number of anilines is 2. The number of hydrogen-bond donors (Lipinski definition) is 2. The Kier molecular flexibility index (Phi) is 4.64. The molecular formula is C23H19ClN4O2. The van der Waals surface area contributed by atoms with E-state index < -0.39 is 6.04 Å². The molecular weight excluding hydrogens is 400 g/mol. The second-order valence-electron chi connectivity index (χ2n) is 7.42. The zero-order valence-corrected chi connectivity index (χ0v) is 16.8. The van der Waals surface area contributed by atoms with E-state index in [0.29, 0.717) is 34.1 Å². The van der Waals surface area contributed by atoms with E-state index in [9.17, 15) is 9.59 Å². The number of hydrogen-bond acceptors (Lipinski definition) is 4. The van der Waals surface area contributed by atoms with Crippen molar-refractivity contribution >= 4 is 34.8 Å². The first-order valence-electron chi connectivity index (χ1n) is 9.84. The van der Waals surface area contributed by atoms with Gasteiger partial charge in [-0.2, -0.15) is 5.10 Å². The Morgan fingerprint density at radius 3 is 2.77 bits per heavy atom. The molecule has 1 atom stereocenters. The van der Waals surface area contributed by atoms with Crippen molar-refractivity contribution < 1.29 is 9.59 Å². The molecule has 1 aliphatic heterocycles. The van der Waals surface area contributed by atoms with Crippen LogP contribution < -0.4 is 10.6 Å². The quantitative estimate of drug-likeness (QED) is 0.640. The molecule has 1 aliphatic carbocycles. The highest BCUT2D eigenvalue weighted by molar-refractivity contribution is 6.30. The van der Waals surface area contributed by atoms with Gasteiger partial charge in [-0.3, -0.25) is 9.59 Å². The average Bonchev–Trinajstić information content (AvgIpc) is 3.17.